The predicted molar refractivity (Wildman–Crippen MR) is 129 cm³/mol. The molecule has 3 heterocycles. The topological polar surface area (TPSA) is 152 Å². The number of nitrogens with zero attached hydrogens (tertiary/aromatic N) is 1. The van der Waals surface area contributed by atoms with Gasteiger partial charge in [-0.25, -0.2) is 4.79 Å². The second kappa shape index (κ2) is 8.80. The molecule has 0 bridgehead atoms. The second-order valence-electron chi connectivity index (χ2n) is 9.28. The number of aliphatic hydroxyl groups excluding tert-OH is 1. The Hall–Kier alpha value is -4.18. The number of carboxylic acid groups (broad SMARTS) is 1. The molecule has 3 aromatic rings. The summed E-state index contributed by atoms with van der Waals surface area (Å²) in [6.45, 7) is 2.67. The van der Waals surface area contributed by atoms with E-state index in [1.54, 1.807) is 17.0 Å². The largest absolute Gasteiger partial charge is 0.480 e. The highest BCUT2D eigenvalue weighted by Crippen LogP contribution is 2.46. The van der Waals surface area contributed by atoms with Crippen molar-refractivity contribution in [1.29, 1.82) is 0 Å². The van der Waals surface area contributed by atoms with Gasteiger partial charge in [-0.1, -0.05) is 36.4 Å². The maximum Gasteiger partial charge on any atom is 0.328 e. The molecular weight excluding hydrogens is 464 g/mol. The average Bonchev–Trinajstić information content (AvgIpc) is 3.37. The number of carbonyl (C=O) groups excluding carboxylic acids is 3. The molecule has 10 nitrogen and oxygen atoms in total. The fourth-order valence-corrected chi connectivity index (χ4v) is 5.18. The maximum absolute atomic E-state index is 13.5. The summed E-state index contributed by atoms with van der Waals surface area (Å²) >= 11 is 0. The van der Waals surface area contributed by atoms with Crippen molar-refractivity contribution in [3.63, 3.8) is 0 Å². The molecule has 0 fully saturated rings. The van der Waals surface area contributed by atoms with Crippen LogP contribution in [0.5, 0.6) is 0 Å². The van der Waals surface area contributed by atoms with Crippen molar-refractivity contribution in [3.8, 4) is 0 Å². The third-order valence-corrected chi connectivity index (χ3v) is 6.95. The number of hydrogen-bond acceptors (Lipinski definition) is 5. The van der Waals surface area contributed by atoms with Gasteiger partial charge in [-0.15, -0.1) is 0 Å². The third-order valence-electron chi connectivity index (χ3n) is 6.95. The van der Waals surface area contributed by atoms with E-state index in [9.17, 15) is 29.4 Å². The molecule has 2 aromatic carbocycles. The monoisotopic (exact) mass is 490 g/mol. The number of amides is 3. The van der Waals surface area contributed by atoms with Crippen LogP contribution in [0, 0.1) is 0 Å². The lowest BCUT2D eigenvalue weighted by molar-refractivity contribution is -0.145. The van der Waals surface area contributed by atoms with Crippen LogP contribution in [0.3, 0.4) is 0 Å². The summed E-state index contributed by atoms with van der Waals surface area (Å²) in [6.07, 6.45) is -1.07. The van der Waals surface area contributed by atoms with Crippen LogP contribution in [0.25, 0.3) is 10.9 Å². The Bertz CT molecular complexity index is 1400. The minimum atomic E-state index is -1.51. The minimum absolute atomic E-state index is 0.251. The van der Waals surface area contributed by atoms with Crippen LogP contribution >= 0.6 is 0 Å². The Morgan fingerprint density at radius 1 is 1.06 bits per heavy atom. The Labute approximate surface area is 206 Å². The number of H-pyrrole nitrogens is 1. The number of nitrogens with one attached hydrogen (secondary N) is 3. The smallest absolute Gasteiger partial charge is 0.328 e. The molecule has 0 saturated carbocycles. The molecule has 1 aromatic heterocycles. The van der Waals surface area contributed by atoms with Crippen molar-refractivity contribution >= 4 is 34.6 Å². The summed E-state index contributed by atoms with van der Waals surface area (Å²) in [5, 5.41) is 24.7. The van der Waals surface area contributed by atoms with Gasteiger partial charge in [0.15, 0.2) is 6.04 Å². The van der Waals surface area contributed by atoms with E-state index in [-0.39, 0.29) is 12.3 Å². The van der Waals surface area contributed by atoms with Crippen molar-refractivity contribution in [3.05, 3.63) is 70.9 Å². The molecule has 0 radical (unpaired) electrons. The van der Waals surface area contributed by atoms with E-state index in [4.69, 9.17) is 0 Å². The van der Waals surface area contributed by atoms with E-state index in [1.165, 1.54) is 13.8 Å². The number of aliphatic hydroxyl groups is 1. The molecular formula is C26H26N4O6. The molecule has 36 heavy (non-hydrogen) atoms. The van der Waals surface area contributed by atoms with Crippen LogP contribution in [0.1, 0.15) is 47.1 Å². The second-order valence-corrected chi connectivity index (χ2v) is 9.28. The lowest BCUT2D eigenvalue weighted by Crippen LogP contribution is -2.58. The fraction of sp³-hybridized carbons (Fsp3) is 0.308. The molecule has 10 heteroatoms. The zero-order valence-electron chi connectivity index (χ0n) is 19.7. The molecule has 186 valence electrons. The van der Waals surface area contributed by atoms with Crippen molar-refractivity contribution in [2.24, 2.45) is 0 Å². The van der Waals surface area contributed by atoms with Gasteiger partial charge in [0.1, 0.15) is 12.1 Å². The zero-order valence-corrected chi connectivity index (χ0v) is 19.7. The van der Waals surface area contributed by atoms with Crippen LogP contribution in [-0.4, -0.2) is 68.0 Å². The maximum atomic E-state index is 13.5. The highest BCUT2D eigenvalue weighted by molar-refractivity contribution is 6.04. The number of benzene rings is 2. The Morgan fingerprint density at radius 2 is 1.75 bits per heavy atom. The first kappa shape index (κ1) is 23.6. The van der Waals surface area contributed by atoms with Gasteiger partial charge >= 0.3 is 5.97 Å². The number of carbonyl (C=O) groups is 4. The summed E-state index contributed by atoms with van der Waals surface area (Å²) in [7, 11) is 0. The van der Waals surface area contributed by atoms with Gasteiger partial charge in [0.25, 0.3) is 5.91 Å². The minimum Gasteiger partial charge on any atom is -0.480 e. The predicted octanol–water partition coefficient (Wildman–Crippen LogP) is 1.09. The molecule has 3 amide bonds. The normalized spacial score (nSPS) is 20.6. The SMILES string of the molecule is CC(NC(=O)C1Cc2c([nH]c3ccccc23)C2c3ccccc3C(=O)N12)C(=O)NC(C(=O)O)C(C)O. The Balaban J connectivity index is 1.47. The first-order valence-electron chi connectivity index (χ1n) is 11.7. The number of carboxylic acids is 1. The van der Waals surface area contributed by atoms with Crippen molar-refractivity contribution < 1.29 is 29.4 Å². The molecule has 2 aliphatic rings. The molecule has 5 rings (SSSR count). The molecule has 5 atom stereocenters. The van der Waals surface area contributed by atoms with E-state index in [0.717, 1.165) is 27.7 Å². The summed E-state index contributed by atoms with van der Waals surface area (Å²) in [5.74, 6) is -2.94. The average molecular weight is 491 g/mol. The highest BCUT2D eigenvalue weighted by atomic mass is 16.4. The highest BCUT2D eigenvalue weighted by Gasteiger charge is 2.49. The summed E-state index contributed by atoms with van der Waals surface area (Å²) < 4.78 is 0. The molecule has 0 aliphatic carbocycles. The number of hydrogen-bond donors (Lipinski definition) is 5. The van der Waals surface area contributed by atoms with E-state index >= 15 is 0 Å². The lowest BCUT2D eigenvalue weighted by atomic mass is 9.90. The third kappa shape index (κ3) is 3.70. The van der Waals surface area contributed by atoms with Gasteiger partial charge in [-0.3, -0.25) is 14.4 Å². The number of aromatic amines is 1. The van der Waals surface area contributed by atoms with Gasteiger partial charge < -0.3 is 30.7 Å². The molecule has 5 N–H and O–H groups in total. The fourth-order valence-electron chi connectivity index (χ4n) is 5.18. The van der Waals surface area contributed by atoms with Crippen LogP contribution in [0.15, 0.2) is 48.5 Å². The molecule has 0 saturated heterocycles. The number of para-hydroxylation sites is 1. The number of rotatable bonds is 6. The van der Waals surface area contributed by atoms with Gasteiger partial charge in [-0.05, 0) is 37.1 Å². The Morgan fingerprint density at radius 3 is 2.47 bits per heavy atom. The van der Waals surface area contributed by atoms with Crippen LogP contribution in [0.4, 0.5) is 0 Å². The van der Waals surface area contributed by atoms with E-state index in [2.05, 4.69) is 15.6 Å². The first-order chi connectivity index (χ1) is 17.2. The zero-order chi connectivity index (χ0) is 25.7. The number of fused-ring (bicyclic) bond motifs is 7. The number of aromatic nitrogens is 1. The summed E-state index contributed by atoms with van der Waals surface area (Å²) in [5.41, 5.74) is 4.05. The van der Waals surface area contributed by atoms with Crippen LogP contribution < -0.4 is 10.6 Å². The van der Waals surface area contributed by atoms with Crippen LogP contribution in [0.2, 0.25) is 0 Å². The summed E-state index contributed by atoms with van der Waals surface area (Å²) in [6, 6.07) is 11.0. The number of aliphatic carboxylic acids is 1. The lowest BCUT2D eigenvalue weighted by Gasteiger charge is -2.37. The van der Waals surface area contributed by atoms with Gasteiger partial charge in [0.2, 0.25) is 11.8 Å². The molecule has 2 aliphatic heterocycles. The molecule has 0 spiro atoms. The molecule has 5 unspecified atom stereocenters. The van der Waals surface area contributed by atoms with Gasteiger partial charge in [0, 0.05) is 28.6 Å². The summed E-state index contributed by atoms with van der Waals surface area (Å²) in [4.78, 5) is 55.9. The Kier molecular flexibility index (Phi) is 5.76. The standard InChI is InChI=1S/C26H26N4O6/c1-12(23(32)29-20(13(2)31)26(35)36)27-24(33)19-11-17-14-7-5-6-10-18(14)28-21(17)22-15-8-3-4-9-16(15)25(34)30(19)22/h3-10,12-13,19-20,22,28,31H,11H2,1-2H3,(H,27,33)(H,29,32)(H,35,36). The quantitative estimate of drug-likeness (QED) is 0.349. The van der Waals surface area contributed by atoms with E-state index in [0.29, 0.717) is 5.56 Å². The van der Waals surface area contributed by atoms with Crippen molar-refractivity contribution in [1.82, 2.24) is 20.5 Å². The first-order valence-corrected chi connectivity index (χ1v) is 11.7. The van der Waals surface area contributed by atoms with Crippen LogP contribution in [-0.2, 0) is 20.8 Å². The van der Waals surface area contributed by atoms with E-state index < -0.39 is 48.1 Å². The van der Waals surface area contributed by atoms with Crippen molar-refractivity contribution in [2.45, 2.75) is 50.5 Å². The van der Waals surface area contributed by atoms with Gasteiger partial charge in [0.05, 0.1) is 12.1 Å². The van der Waals surface area contributed by atoms with Crippen molar-refractivity contribution in [2.75, 3.05) is 0 Å². The van der Waals surface area contributed by atoms with E-state index in [1.807, 2.05) is 36.4 Å². The van der Waals surface area contributed by atoms with Gasteiger partial charge in [-0.2, -0.15) is 0 Å².